The zero-order valence-electron chi connectivity index (χ0n) is 17.4. The molecule has 1 aliphatic rings. The van der Waals surface area contributed by atoms with Gasteiger partial charge in [-0.2, -0.15) is 0 Å². The van der Waals surface area contributed by atoms with E-state index in [2.05, 4.69) is 42.3 Å². The molecule has 0 saturated carbocycles. The van der Waals surface area contributed by atoms with Crippen LogP contribution in [0.5, 0.6) is 0 Å². The third-order valence-electron chi connectivity index (χ3n) is 4.90. The Bertz CT molecular complexity index is 587. The third kappa shape index (κ3) is 9.19. The number of urea groups is 1. The Kier molecular flexibility index (Phi) is 11.9. The van der Waals surface area contributed by atoms with Crippen molar-refractivity contribution in [3.05, 3.63) is 34.9 Å². The number of amides is 2. The van der Waals surface area contributed by atoms with E-state index >= 15 is 0 Å². The van der Waals surface area contributed by atoms with Crippen molar-refractivity contribution in [2.24, 2.45) is 0 Å². The first-order valence-corrected chi connectivity index (χ1v) is 9.89. The van der Waals surface area contributed by atoms with Gasteiger partial charge in [0.05, 0.1) is 0 Å². The van der Waals surface area contributed by atoms with Crippen LogP contribution in [0.3, 0.4) is 0 Å². The lowest BCUT2D eigenvalue weighted by molar-refractivity contribution is -0.122. The number of rotatable bonds is 8. The molecule has 1 saturated heterocycles. The highest BCUT2D eigenvalue weighted by Gasteiger charge is 2.20. The van der Waals surface area contributed by atoms with Gasteiger partial charge < -0.3 is 20.1 Å². The van der Waals surface area contributed by atoms with Gasteiger partial charge in [-0.3, -0.25) is 9.69 Å². The molecular weight excluding hydrogens is 358 g/mol. The summed E-state index contributed by atoms with van der Waals surface area (Å²) in [4.78, 5) is 25.1. The molecule has 2 amide bonds. The number of nitrogens with one attached hydrogen (secondary N) is 1. The molecule has 0 spiro atoms. The summed E-state index contributed by atoms with van der Waals surface area (Å²) < 4.78 is 5.08. The maximum Gasteiger partial charge on any atom is 0.317 e. The monoisotopic (exact) mass is 393 g/mol. The lowest BCUT2D eigenvalue weighted by Crippen LogP contribution is -2.52. The van der Waals surface area contributed by atoms with Crippen LogP contribution in [0.1, 0.15) is 29.5 Å². The molecule has 28 heavy (non-hydrogen) atoms. The van der Waals surface area contributed by atoms with E-state index in [4.69, 9.17) is 14.6 Å². The maximum atomic E-state index is 12.3. The van der Waals surface area contributed by atoms with E-state index in [1.54, 1.807) is 7.11 Å². The van der Waals surface area contributed by atoms with E-state index in [0.29, 0.717) is 6.54 Å². The van der Waals surface area contributed by atoms with Crippen LogP contribution in [0.4, 0.5) is 4.79 Å². The predicted molar refractivity (Wildman–Crippen MR) is 111 cm³/mol. The molecule has 1 heterocycles. The molecular formula is C21H35N3O4. The van der Waals surface area contributed by atoms with Crippen molar-refractivity contribution in [1.82, 2.24) is 15.1 Å². The van der Waals surface area contributed by atoms with E-state index in [1.807, 2.05) is 4.90 Å². The number of methoxy groups -OCH3 is 1. The standard InChI is InChI=1S/C20H33N3O2.CH2O2/c1-17-6-7-19(18(2)16-17)8-9-21-20(24)23-13-11-22(12-14-23)10-4-5-15-25-3;2-1-3/h6-7,16H,4-5,8-15H2,1-3H3,(H,21,24);1H,(H,2,3). The van der Waals surface area contributed by atoms with Gasteiger partial charge in [0, 0.05) is 46.4 Å². The van der Waals surface area contributed by atoms with Gasteiger partial charge in [-0.1, -0.05) is 23.8 Å². The van der Waals surface area contributed by atoms with Gasteiger partial charge in [-0.25, -0.2) is 4.79 Å². The first-order chi connectivity index (χ1) is 13.5. The summed E-state index contributed by atoms with van der Waals surface area (Å²) in [5.74, 6) is 0. The third-order valence-corrected chi connectivity index (χ3v) is 4.90. The van der Waals surface area contributed by atoms with Crippen LogP contribution in [0.15, 0.2) is 18.2 Å². The molecule has 2 rings (SSSR count). The lowest BCUT2D eigenvalue weighted by Gasteiger charge is -2.34. The molecule has 1 aliphatic heterocycles. The van der Waals surface area contributed by atoms with Crippen molar-refractivity contribution in [2.75, 3.05) is 53.0 Å². The fourth-order valence-corrected chi connectivity index (χ4v) is 3.30. The molecule has 0 aromatic heterocycles. The summed E-state index contributed by atoms with van der Waals surface area (Å²) >= 11 is 0. The second kappa shape index (κ2) is 14.0. The number of aryl methyl sites for hydroxylation is 2. The number of piperazine rings is 1. The molecule has 158 valence electrons. The van der Waals surface area contributed by atoms with Crippen LogP contribution >= 0.6 is 0 Å². The Hall–Kier alpha value is -2.12. The highest BCUT2D eigenvalue weighted by atomic mass is 16.5. The Morgan fingerprint density at radius 3 is 2.50 bits per heavy atom. The van der Waals surface area contributed by atoms with Crippen molar-refractivity contribution < 1.29 is 19.4 Å². The van der Waals surface area contributed by atoms with E-state index in [0.717, 1.165) is 58.6 Å². The number of benzene rings is 1. The van der Waals surface area contributed by atoms with E-state index in [1.165, 1.54) is 16.7 Å². The molecule has 7 heteroatoms. The van der Waals surface area contributed by atoms with Gasteiger partial charge in [-0.05, 0) is 50.8 Å². The summed E-state index contributed by atoms with van der Waals surface area (Å²) in [5, 5.41) is 9.96. The summed E-state index contributed by atoms with van der Waals surface area (Å²) in [6.45, 7) is 10.2. The number of unbranched alkanes of at least 4 members (excludes halogenated alkanes) is 1. The van der Waals surface area contributed by atoms with Crippen LogP contribution in [0.2, 0.25) is 0 Å². The summed E-state index contributed by atoms with van der Waals surface area (Å²) in [7, 11) is 1.75. The van der Waals surface area contributed by atoms with Gasteiger partial charge in [0.1, 0.15) is 0 Å². The molecule has 0 atom stereocenters. The summed E-state index contributed by atoms with van der Waals surface area (Å²) in [5.41, 5.74) is 3.90. The largest absolute Gasteiger partial charge is 0.483 e. The minimum atomic E-state index is -0.250. The Labute approximate surface area is 168 Å². The first-order valence-electron chi connectivity index (χ1n) is 9.89. The Morgan fingerprint density at radius 1 is 1.21 bits per heavy atom. The Balaban J connectivity index is 0.00000122. The van der Waals surface area contributed by atoms with Crippen LogP contribution in [-0.4, -0.2) is 80.4 Å². The van der Waals surface area contributed by atoms with Gasteiger partial charge in [0.2, 0.25) is 0 Å². The number of nitrogens with zero attached hydrogens (tertiary/aromatic N) is 2. The van der Waals surface area contributed by atoms with Crippen molar-refractivity contribution in [1.29, 1.82) is 0 Å². The maximum absolute atomic E-state index is 12.3. The van der Waals surface area contributed by atoms with E-state index in [-0.39, 0.29) is 12.5 Å². The van der Waals surface area contributed by atoms with Crippen LogP contribution in [0, 0.1) is 13.8 Å². The van der Waals surface area contributed by atoms with Gasteiger partial charge in [-0.15, -0.1) is 0 Å². The van der Waals surface area contributed by atoms with Crippen molar-refractivity contribution in [3.8, 4) is 0 Å². The molecule has 0 radical (unpaired) electrons. The van der Waals surface area contributed by atoms with Crippen LogP contribution in [-0.2, 0) is 16.0 Å². The van der Waals surface area contributed by atoms with Crippen molar-refractivity contribution >= 4 is 12.5 Å². The molecule has 2 N–H and O–H groups in total. The molecule has 1 aromatic rings. The number of carbonyl (C=O) groups excluding carboxylic acids is 1. The predicted octanol–water partition coefficient (Wildman–Crippen LogP) is 2.30. The van der Waals surface area contributed by atoms with Crippen molar-refractivity contribution in [3.63, 3.8) is 0 Å². The zero-order chi connectivity index (χ0) is 20.8. The average molecular weight is 394 g/mol. The van der Waals surface area contributed by atoms with Crippen molar-refractivity contribution in [2.45, 2.75) is 33.1 Å². The number of carbonyl (C=O) groups is 2. The first kappa shape index (κ1) is 23.9. The number of hydrogen-bond donors (Lipinski definition) is 2. The smallest absolute Gasteiger partial charge is 0.317 e. The molecule has 7 nitrogen and oxygen atoms in total. The molecule has 1 aromatic carbocycles. The van der Waals surface area contributed by atoms with E-state index < -0.39 is 0 Å². The zero-order valence-corrected chi connectivity index (χ0v) is 17.4. The lowest BCUT2D eigenvalue weighted by atomic mass is 10.0. The van der Waals surface area contributed by atoms with Gasteiger partial charge in [0.15, 0.2) is 0 Å². The summed E-state index contributed by atoms with van der Waals surface area (Å²) in [6.07, 6.45) is 3.16. The van der Waals surface area contributed by atoms with Gasteiger partial charge >= 0.3 is 6.03 Å². The minimum absolute atomic E-state index is 0.0730. The topological polar surface area (TPSA) is 82.1 Å². The molecule has 0 bridgehead atoms. The second-order valence-corrected chi connectivity index (χ2v) is 7.05. The van der Waals surface area contributed by atoms with Crippen LogP contribution in [0.25, 0.3) is 0 Å². The Morgan fingerprint density at radius 2 is 1.89 bits per heavy atom. The second-order valence-electron chi connectivity index (χ2n) is 7.05. The van der Waals surface area contributed by atoms with E-state index in [9.17, 15) is 4.79 Å². The fourth-order valence-electron chi connectivity index (χ4n) is 3.30. The number of ether oxygens (including phenoxy) is 1. The molecule has 1 fully saturated rings. The summed E-state index contributed by atoms with van der Waals surface area (Å²) in [6, 6.07) is 6.57. The number of carboxylic acid groups (broad SMARTS) is 1. The highest BCUT2D eigenvalue weighted by Crippen LogP contribution is 2.11. The fraction of sp³-hybridized carbons (Fsp3) is 0.619. The van der Waals surface area contributed by atoms with Gasteiger partial charge in [0.25, 0.3) is 6.47 Å². The quantitative estimate of drug-likeness (QED) is 0.523. The average Bonchev–Trinajstić information content (AvgIpc) is 2.68. The normalized spacial score (nSPS) is 14.2. The van der Waals surface area contributed by atoms with Crippen LogP contribution < -0.4 is 5.32 Å². The number of hydrogen-bond acceptors (Lipinski definition) is 4. The molecule has 0 unspecified atom stereocenters. The SMILES string of the molecule is COCCCCN1CCN(C(=O)NCCc2ccc(C)cc2C)CC1.O=CO. The molecule has 0 aliphatic carbocycles. The highest BCUT2D eigenvalue weighted by molar-refractivity contribution is 5.74. The minimum Gasteiger partial charge on any atom is -0.483 e.